The number of nitrogens with one attached hydrogen (secondary N) is 1. The molecule has 108 valence electrons. The van der Waals surface area contributed by atoms with Crippen molar-refractivity contribution in [2.45, 2.75) is 51.7 Å². The van der Waals surface area contributed by atoms with Crippen LogP contribution >= 0.6 is 11.8 Å². The maximum absolute atomic E-state index is 5.94. The van der Waals surface area contributed by atoms with Crippen molar-refractivity contribution in [3.63, 3.8) is 0 Å². The molecule has 0 amide bonds. The van der Waals surface area contributed by atoms with Gasteiger partial charge in [0.1, 0.15) is 17.5 Å². The summed E-state index contributed by atoms with van der Waals surface area (Å²) in [4.78, 5) is 8.82. The van der Waals surface area contributed by atoms with Gasteiger partial charge in [-0.3, -0.25) is 0 Å². The van der Waals surface area contributed by atoms with Gasteiger partial charge in [0.25, 0.3) is 0 Å². The van der Waals surface area contributed by atoms with Gasteiger partial charge in [-0.15, -0.1) is 0 Å². The lowest BCUT2D eigenvalue weighted by Gasteiger charge is -2.30. The van der Waals surface area contributed by atoms with E-state index in [9.17, 15) is 0 Å². The summed E-state index contributed by atoms with van der Waals surface area (Å²) < 4.78 is 0.262. The molecule has 1 rings (SSSR count). The van der Waals surface area contributed by atoms with Crippen molar-refractivity contribution in [1.82, 2.24) is 9.97 Å². The summed E-state index contributed by atoms with van der Waals surface area (Å²) in [6.45, 7) is 9.39. The highest BCUT2D eigenvalue weighted by molar-refractivity contribution is 8.00. The second-order valence-electron chi connectivity index (χ2n) is 4.80. The summed E-state index contributed by atoms with van der Waals surface area (Å²) in [7, 11) is 0. The van der Waals surface area contributed by atoms with Crippen LogP contribution in [0.1, 0.15) is 45.0 Å². The topological polar surface area (TPSA) is 63.8 Å². The summed E-state index contributed by atoms with van der Waals surface area (Å²) in [6.07, 6.45) is 5.25. The number of aryl methyl sites for hydroxylation is 1. The third-order valence-electron chi connectivity index (χ3n) is 3.85. The molecular weight excluding hydrogens is 256 g/mol. The molecule has 1 aromatic rings. The quantitative estimate of drug-likeness (QED) is 0.803. The van der Waals surface area contributed by atoms with E-state index in [1.807, 2.05) is 25.6 Å². The molecule has 3 N–H and O–H groups in total. The lowest BCUT2D eigenvalue weighted by molar-refractivity contribution is 0.573. The lowest BCUT2D eigenvalue weighted by Crippen LogP contribution is -2.32. The molecule has 0 aliphatic rings. The van der Waals surface area contributed by atoms with Gasteiger partial charge in [0.2, 0.25) is 0 Å². The van der Waals surface area contributed by atoms with Crippen molar-refractivity contribution in [3.05, 3.63) is 11.4 Å². The molecule has 0 aliphatic carbocycles. The Labute approximate surface area is 121 Å². The second kappa shape index (κ2) is 6.98. The predicted molar refractivity (Wildman–Crippen MR) is 85.9 cm³/mol. The van der Waals surface area contributed by atoms with E-state index >= 15 is 0 Å². The smallest absolute Gasteiger partial charge is 0.134 e. The molecule has 5 heteroatoms. The molecule has 1 heterocycles. The highest BCUT2D eigenvalue weighted by Gasteiger charge is 2.25. The molecule has 0 bridgehead atoms. The zero-order valence-electron chi connectivity index (χ0n) is 12.7. The maximum Gasteiger partial charge on any atom is 0.134 e. The van der Waals surface area contributed by atoms with Gasteiger partial charge in [-0.05, 0) is 26.0 Å². The maximum atomic E-state index is 5.94. The van der Waals surface area contributed by atoms with Crippen molar-refractivity contribution >= 4 is 23.4 Å². The highest BCUT2D eigenvalue weighted by atomic mass is 32.2. The molecule has 0 aromatic carbocycles. The van der Waals surface area contributed by atoms with E-state index in [4.69, 9.17) is 5.73 Å². The molecule has 0 fully saturated rings. The van der Waals surface area contributed by atoms with Crippen LogP contribution in [0.25, 0.3) is 0 Å². The monoisotopic (exact) mass is 282 g/mol. The average Bonchev–Trinajstić information content (AvgIpc) is 2.45. The molecule has 19 heavy (non-hydrogen) atoms. The molecular formula is C14H26N4S. The van der Waals surface area contributed by atoms with E-state index in [0.29, 0.717) is 5.82 Å². The van der Waals surface area contributed by atoms with E-state index in [0.717, 1.165) is 43.0 Å². The first-order valence-corrected chi connectivity index (χ1v) is 8.16. The van der Waals surface area contributed by atoms with Gasteiger partial charge < -0.3 is 11.1 Å². The van der Waals surface area contributed by atoms with Crippen LogP contribution < -0.4 is 11.1 Å². The van der Waals surface area contributed by atoms with Crippen LogP contribution in [0.15, 0.2) is 0 Å². The minimum Gasteiger partial charge on any atom is -0.383 e. The van der Waals surface area contributed by atoms with Crippen molar-refractivity contribution in [2.24, 2.45) is 0 Å². The van der Waals surface area contributed by atoms with Gasteiger partial charge in [-0.1, -0.05) is 20.8 Å². The minimum absolute atomic E-state index is 0.262. The minimum atomic E-state index is 0.262. The van der Waals surface area contributed by atoms with Crippen LogP contribution in [0.3, 0.4) is 0 Å². The van der Waals surface area contributed by atoms with Crippen molar-refractivity contribution in [3.8, 4) is 0 Å². The molecule has 4 nitrogen and oxygen atoms in total. The largest absolute Gasteiger partial charge is 0.383 e. The number of aromatic nitrogens is 2. The molecule has 0 aliphatic heterocycles. The van der Waals surface area contributed by atoms with Gasteiger partial charge in [0, 0.05) is 23.3 Å². The molecule has 0 radical (unpaired) electrons. The molecule has 0 atom stereocenters. The molecule has 1 aromatic heterocycles. The van der Waals surface area contributed by atoms with Crippen LogP contribution in [0.5, 0.6) is 0 Å². The van der Waals surface area contributed by atoms with E-state index in [1.165, 1.54) is 0 Å². The third-order valence-corrected chi connectivity index (χ3v) is 5.43. The van der Waals surface area contributed by atoms with Crippen LogP contribution in [0.4, 0.5) is 11.6 Å². The van der Waals surface area contributed by atoms with E-state index in [2.05, 4.69) is 35.4 Å². The molecule has 0 saturated carbocycles. The van der Waals surface area contributed by atoms with Gasteiger partial charge >= 0.3 is 0 Å². The Bertz CT molecular complexity index is 408. The number of hydrogen-bond acceptors (Lipinski definition) is 5. The molecule has 0 spiro atoms. The van der Waals surface area contributed by atoms with E-state index < -0.39 is 0 Å². The van der Waals surface area contributed by atoms with Crippen molar-refractivity contribution in [1.29, 1.82) is 0 Å². The Morgan fingerprint density at radius 1 is 1.21 bits per heavy atom. The molecule has 0 saturated heterocycles. The lowest BCUT2D eigenvalue weighted by atomic mass is 10.0. The summed E-state index contributed by atoms with van der Waals surface area (Å²) in [5.41, 5.74) is 6.88. The fourth-order valence-corrected chi connectivity index (χ4v) is 2.81. The SMILES string of the molecule is CCc1nc(N)c(C)c(NCC(CC)(CC)SC)n1. The van der Waals surface area contributed by atoms with Crippen molar-refractivity contribution < 1.29 is 0 Å². The van der Waals surface area contributed by atoms with Gasteiger partial charge in [-0.25, -0.2) is 9.97 Å². The summed E-state index contributed by atoms with van der Waals surface area (Å²) in [5, 5.41) is 3.47. The Morgan fingerprint density at radius 3 is 2.32 bits per heavy atom. The number of hydrogen-bond donors (Lipinski definition) is 2. The number of nitrogens with zero attached hydrogens (tertiary/aromatic N) is 2. The normalized spacial score (nSPS) is 11.6. The number of nitrogen functional groups attached to an aromatic ring is 1. The first-order chi connectivity index (χ1) is 9.01. The predicted octanol–water partition coefficient (Wildman–Crippen LogP) is 3.26. The summed E-state index contributed by atoms with van der Waals surface area (Å²) >= 11 is 1.92. The number of nitrogens with two attached hydrogens (primary N) is 1. The Kier molecular flexibility index (Phi) is 5.91. The van der Waals surface area contributed by atoms with Crippen LogP contribution in [0, 0.1) is 6.92 Å². The fourth-order valence-electron chi connectivity index (χ4n) is 2.02. The van der Waals surface area contributed by atoms with Gasteiger partial charge in [0.05, 0.1) is 0 Å². The van der Waals surface area contributed by atoms with Gasteiger partial charge in [0.15, 0.2) is 0 Å². The van der Waals surface area contributed by atoms with E-state index in [1.54, 1.807) is 0 Å². The molecule has 0 unspecified atom stereocenters. The first-order valence-electron chi connectivity index (χ1n) is 6.93. The van der Waals surface area contributed by atoms with Gasteiger partial charge in [-0.2, -0.15) is 11.8 Å². The third kappa shape index (κ3) is 3.75. The summed E-state index contributed by atoms with van der Waals surface area (Å²) in [5.74, 6) is 2.26. The first kappa shape index (κ1) is 16.1. The van der Waals surface area contributed by atoms with Crippen LogP contribution in [-0.4, -0.2) is 27.5 Å². The Balaban J connectivity index is 2.90. The van der Waals surface area contributed by atoms with Crippen LogP contribution in [0.2, 0.25) is 0 Å². The number of rotatable bonds is 7. The Hall–Kier alpha value is -0.970. The summed E-state index contributed by atoms with van der Waals surface area (Å²) in [6, 6.07) is 0. The number of thioether (sulfide) groups is 1. The zero-order valence-corrected chi connectivity index (χ0v) is 13.5. The van der Waals surface area contributed by atoms with Crippen molar-refractivity contribution in [2.75, 3.05) is 23.9 Å². The Morgan fingerprint density at radius 2 is 1.84 bits per heavy atom. The average molecular weight is 282 g/mol. The highest BCUT2D eigenvalue weighted by Crippen LogP contribution is 2.31. The number of anilines is 2. The zero-order chi connectivity index (χ0) is 14.5. The van der Waals surface area contributed by atoms with E-state index in [-0.39, 0.29) is 4.75 Å². The van der Waals surface area contributed by atoms with Crippen LogP contribution in [-0.2, 0) is 6.42 Å². The second-order valence-corrected chi connectivity index (χ2v) is 6.07. The standard InChI is InChI=1S/C14H26N4S/c1-6-11-17-12(15)10(4)13(18-11)16-9-14(7-2,8-3)19-5/h6-9H2,1-5H3,(H3,15,16,17,18). The fraction of sp³-hybridized carbons (Fsp3) is 0.714.